The van der Waals surface area contributed by atoms with Gasteiger partial charge in [-0.05, 0) is 28.0 Å². The molecule has 0 aliphatic heterocycles. The highest BCUT2D eigenvalue weighted by atomic mass is 32.2. The van der Waals surface area contributed by atoms with Crippen LogP contribution in [0.15, 0.2) is 42.5 Å². The zero-order valence-corrected chi connectivity index (χ0v) is 11.9. The van der Waals surface area contributed by atoms with Gasteiger partial charge in [0, 0.05) is 11.8 Å². The molecule has 1 atom stereocenters. The van der Waals surface area contributed by atoms with Crippen LogP contribution in [0.2, 0.25) is 0 Å². The lowest BCUT2D eigenvalue weighted by molar-refractivity contribution is 0.751. The van der Waals surface area contributed by atoms with Crippen LogP contribution in [0, 0.1) is 0 Å². The van der Waals surface area contributed by atoms with Crippen LogP contribution in [0.1, 0.15) is 19.4 Å². The largest absolute Gasteiger partial charge is 0.327 e. The van der Waals surface area contributed by atoms with Crippen molar-refractivity contribution in [1.29, 1.82) is 0 Å². The van der Waals surface area contributed by atoms with E-state index in [0.717, 1.165) is 12.2 Å². The van der Waals surface area contributed by atoms with Crippen LogP contribution in [0.3, 0.4) is 0 Å². The topological polar surface area (TPSA) is 26.0 Å². The summed E-state index contributed by atoms with van der Waals surface area (Å²) in [6, 6.07) is 15.2. The molecule has 0 aliphatic carbocycles. The van der Waals surface area contributed by atoms with Crippen LogP contribution in [0.4, 0.5) is 0 Å². The first-order chi connectivity index (χ1) is 8.66. The molecular formula is C16H21NS. The number of thioether (sulfide) groups is 1. The van der Waals surface area contributed by atoms with Crippen molar-refractivity contribution >= 4 is 22.5 Å². The second-order valence-corrected chi connectivity index (χ2v) is 6.59. The van der Waals surface area contributed by atoms with Crippen molar-refractivity contribution in [2.45, 2.75) is 31.6 Å². The van der Waals surface area contributed by atoms with Gasteiger partial charge in [-0.25, -0.2) is 0 Å². The predicted molar refractivity (Wildman–Crippen MR) is 83.2 cm³/mol. The molecule has 18 heavy (non-hydrogen) atoms. The van der Waals surface area contributed by atoms with Gasteiger partial charge in [-0.1, -0.05) is 56.3 Å². The molecule has 0 aliphatic rings. The van der Waals surface area contributed by atoms with Crippen molar-refractivity contribution in [3.8, 4) is 0 Å². The van der Waals surface area contributed by atoms with Crippen LogP contribution in [0.5, 0.6) is 0 Å². The second-order valence-electron chi connectivity index (χ2n) is 4.98. The van der Waals surface area contributed by atoms with Crippen LogP contribution < -0.4 is 5.73 Å². The van der Waals surface area contributed by atoms with E-state index < -0.39 is 0 Å². The fraction of sp³-hybridized carbons (Fsp3) is 0.375. The first kappa shape index (κ1) is 13.4. The molecule has 2 rings (SSSR count). The fourth-order valence-corrected chi connectivity index (χ4v) is 2.88. The Morgan fingerprint density at radius 3 is 2.56 bits per heavy atom. The number of benzene rings is 2. The summed E-state index contributed by atoms with van der Waals surface area (Å²) in [5, 5.41) is 3.30. The number of hydrogen-bond donors (Lipinski definition) is 1. The van der Waals surface area contributed by atoms with E-state index in [1.807, 2.05) is 11.8 Å². The maximum atomic E-state index is 6.22. The Hall–Kier alpha value is -0.990. The van der Waals surface area contributed by atoms with Crippen LogP contribution in [0.25, 0.3) is 10.8 Å². The highest BCUT2D eigenvalue weighted by Crippen LogP contribution is 2.20. The van der Waals surface area contributed by atoms with Crippen molar-refractivity contribution in [1.82, 2.24) is 0 Å². The summed E-state index contributed by atoms with van der Waals surface area (Å²) in [6.07, 6.45) is 0.959. The molecule has 0 spiro atoms. The Labute approximate surface area is 114 Å². The molecule has 2 aromatic carbocycles. The van der Waals surface area contributed by atoms with Crippen molar-refractivity contribution in [3.63, 3.8) is 0 Å². The summed E-state index contributed by atoms with van der Waals surface area (Å²) in [4.78, 5) is 0. The van der Waals surface area contributed by atoms with Gasteiger partial charge in [-0.15, -0.1) is 0 Å². The second kappa shape index (κ2) is 6.26. The summed E-state index contributed by atoms with van der Waals surface area (Å²) >= 11 is 1.94. The number of rotatable bonds is 5. The Balaban J connectivity index is 2.11. The van der Waals surface area contributed by atoms with Gasteiger partial charge in [0.1, 0.15) is 0 Å². The van der Waals surface area contributed by atoms with Gasteiger partial charge in [0.15, 0.2) is 0 Å². The number of nitrogens with two attached hydrogens (primary N) is 1. The Morgan fingerprint density at radius 2 is 1.78 bits per heavy atom. The quantitative estimate of drug-likeness (QED) is 0.882. The minimum Gasteiger partial charge on any atom is -0.327 e. The minimum atomic E-state index is 0.239. The molecule has 2 aromatic rings. The summed E-state index contributed by atoms with van der Waals surface area (Å²) in [7, 11) is 0. The Kier molecular flexibility index (Phi) is 4.67. The van der Waals surface area contributed by atoms with Crippen LogP contribution in [-0.2, 0) is 6.42 Å². The molecular weight excluding hydrogens is 238 g/mol. The normalized spacial score (nSPS) is 13.1. The average molecular weight is 259 g/mol. The van der Waals surface area contributed by atoms with Crippen molar-refractivity contribution < 1.29 is 0 Å². The van der Waals surface area contributed by atoms with Gasteiger partial charge in [-0.3, -0.25) is 0 Å². The van der Waals surface area contributed by atoms with Crippen LogP contribution in [-0.4, -0.2) is 17.0 Å². The van der Waals surface area contributed by atoms with E-state index in [1.54, 1.807) is 0 Å². The standard InChI is InChI=1S/C16H21NS/c1-12(2)18-11-15(17)10-14-8-5-7-13-6-3-4-9-16(13)14/h3-9,12,15H,10-11,17H2,1-2H3. The third kappa shape index (κ3) is 3.50. The molecule has 0 saturated carbocycles. The zero-order valence-electron chi connectivity index (χ0n) is 11.1. The third-order valence-electron chi connectivity index (χ3n) is 3.01. The van der Waals surface area contributed by atoms with E-state index in [9.17, 15) is 0 Å². The Morgan fingerprint density at radius 1 is 1.06 bits per heavy atom. The maximum Gasteiger partial charge on any atom is 0.0171 e. The van der Waals surface area contributed by atoms with E-state index in [4.69, 9.17) is 5.73 Å². The van der Waals surface area contributed by atoms with E-state index in [-0.39, 0.29) is 6.04 Å². The maximum absolute atomic E-state index is 6.22. The summed E-state index contributed by atoms with van der Waals surface area (Å²) in [5.41, 5.74) is 7.59. The first-order valence-electron chi connectivity index (χ1n) is 6.50. The molecule has 0 bridgehead atoms. The summed E-state index contributed by atoms with van der Waals surface area (Å²) in [5.74, 6) is 1.03. The Bertz CT molecular complexity index is 502. The van der Waals surface area contributed by atoms with E-state index in [1.165, 1.54) is 16.3 Å². The fourth-order valence-electron chi connectivity index (χ4n) is 2.13. The zero-order chi connectivity index (χ0) is 13.0. The summed E-state index contributed by atoms with van der Waals surface area (Å²) in [6.45, 7) is 4.44. The highest BCUT2D eigenvalue weighted by molar-refractivity contribution is 7.99. The minimum absolute atomic E-state index is 0.239. The van der Waals surface area contributed by atoms with E-state index in [0.29, 0.717) is 5.25 Å². The van der Waals surface area contributed by atoms with Gasteiger partial charge in [0.05, 0.1) is 0 Å². The number of fused-ring (bicyclic) bond motifs is 1. The first-order valence-corrected chi connectivity index (χ1v) is 7.55. The molecule has 0 saturated heterocycles. The SMILES string of the molecule is CC(C)SCC(N)Cc1cccc2ccccc12. The van der Waals surface area contributed by atoms with Gasteiger partial charge >= 0.3 is 0 Å². The molecule has 0 heterocycles. The molecule has 0 fully saturated rings. The van der Waals surface area contributed by atoms with E-state index in [2.05, 4.69) is 56.3 Å². The van der Waals surface area contributed by atoms with Crippen molar-refractivity contribution in [3.05, 3.63) is 48.0 Å². The third-order valence-corrected chi connectivity index (χ3v) is 4.29. The number of hydrogen-bond acceptors (Lipinski definition) is 2. The highest BCUT2D eigenvalue weighted by Gasteiger charge is 2.08. The average Bonchev–Trinajstić information content (AvgIpc) is 2.37. The molecule has 1 nitrogen and oxygen atoms in total. The smallest absolute Gasteiger partial charge is 0.0171 e. The molecule has 0 amide bonds. The predicted octanol–water partition coefficient (Wildman–Crippen LogP) is 3.85. The molecule has 96 valence electrons. The summed E-state index contributed by atoms with van der Waals surface area (Å²) < 4.78 is 0. The van der Waals surface area contributed by atoms with Crippen LogP contribution >= 0.6 is 11.8 Å². The lowest BCUT2D eigenvalue weighted by Gasteiger charge is -2.14. The van der Waals surface area contributed by atoms with Gasteiger partial charge in [0.2, 0.25) is 0 Å². The lowest BCUT2D eigenvalue weighted by atomic mass is 10.00. The molecule has 2 N–H and O–H groups in total. The van der Waals surface area contributed by atoms with Crippen molar-refractivity contribution in [2.24, 2.45) is 5.73 Å². The molecule has 1 unspecified atom stereocenters. The molecule has 0 aromatic heterocycles. The molecule has 0 radical (unpaired) electrons. The van der Waals surface area contributed by atoms with Gasteiger partial charge < -0.3 is 5.73 Å². The monoisotopic (exact) mass is 259 g/mol. The lowest BCUT2D eigenvalue weighted by Crippen LogP contribution is -2.26. The molecule has 2 heteroatoms. The van der Waals surface area contributed by atoms with Gasteiger partial charge in [-0.2, -0.15) is 11.8 Å². The van der Waals surface area contributed by atoms with E-state index >= 15 is 0 Å². The van der Waals surface area contributed by atoms with Crippen molar-refractivity contribution in [2.75, 3.05) is 5.75 Å². The van der Waals surface area contributed by atoms with Gasteiger partial charge in [0.25, 0.3) is 0 Å².